The van der Waals surface area contributed by atoms with Crippen LogP contribution in [-0.2, 0) is 28.7 Å². The molecule has 3 aromatic rings. The van der Waals surface area contributed by atoms with Gasteiger partial charge in [-0.05, 0) is 31.0 Å². The number of ether oxygens (including phenoxy) is 1. The highest BCUT2D eigenvalue weighted by molar-refractivity contribution is 7.22. The van der Waals surface area contributed by atoms with Crippen molar-refractivity contribution in [2.75, 3.05) is 37.7 Å². The van der Waals surface area contributed by atoms with Gasteiger partial charge in [0.25, 0.3) is 0 Å². The first-order valence-electron chi connectivity index (χ1n) is 11.0. The lowest BCUT2D eigenvalue weighted by atomic mass is 10.0. The summed E-state index contributed by atoms with van der Waals surface area (Å²) in [6, 6.07) is 7.81. The zero-order valence-corrected chi connectivity index (χ0v) is 19.7. The van der Waals surface area contributed by atoms with Crippen molar-refractivity contribution in [1.82, 2.24) is 9.88 Å². The molecule has 10 heteroatoms. The Hall–Kier alpha value is -2.72. The molecule has 0 aliphatic carbocycles. The Morgan fingerprint density at radius 1 is 1.09 bits per heavy atom. The van der Waals surface area contributed by atoms with Crippen LogP contribution in [0.15, 0.2) is 30.3 Å². The third kappa shape index (κ3) is 5.67. The molecular weight excluding hydrogens is 470 g/mol. The molecular formula is C24H25F4N3O2S. The molecule has 1 fully saturated rings. The maximum absolute atomic E-state index is 13.9. The van der Waals surface area contributed by atoms with E-state index in [0.717, 1.165) is 59.8 Å². The molecule has 0 amide bonds. The molecule has 1 saturated heterocycles. The van der Waals surface area contributed by atoms with Gasteiger partial charge in [-0.1, -0.05) is 35.1 Å². The molecule has 0 spiro atoms. The molecule has 0 atom stereocenters. The Balaban J connectivity index is 1.40. The van der Waals surface area contributed by atoms with Crippen molar-refractivity contribution in [1.29, 1.82) is 0 Å². The van der Waals surface area contributed by atoms with Gasteiger partial charge in [0, 0.05) is 38.8 Å². The van der Waals surface area contributed by atoms with E-state index in [-0.39, 0.29) is 17.9 Å². The Bertz CT molecular complexity index is 1190. The van der Waals surface area contributed by atoms with E-state index in [0.29, 0.717) is 29.5 Å². The maximum Gasteiger partial charge on any atom is 0.419 e. The van der Waals surface area contributed by atoms with E-state index >= 15 is 0 Å². The van der Waals surface area contributed by atoms with E-state index in [9.17, 15) is 22.4 Å². The van der Waals surface area contributed by atoms with Crippen LogP contribution in [0.3, 0.4) is 0 Å². The first kappa shape index (κ1) is 24.4. The highest BCUT2D eigenvalue weighted by Gasteiger charge is 2.35. The van der Waals surface area contributed by atoms with Gasteiger partial charge in [0.15, 0.2) is 5.13 Å². The highest BCUT2D eigenvalue weighted by Crippen LogP contribution is 2.37. The minimum Gasteiger partial charge on any atom is -0.466 e. The number of fused-ring (bicyclic) bond motifs is 1. The Kier molecular flexibility index (Phi) is 7.09. The van der Waals surface area contributed by atoms with Gasteiger partial charge >= 0.3 is 12.1 Å². The number of benzene rings is 2. The van der Waals surface area contributed by atoms with Crippen molar-refractivity contribution in [3.63, 3.8) is 0 Å². The standard InChI is InChI=1S/C24H25F4N3O2S/c1-3-33-22(32)11-16-8-15(2)9-17(10-16)14-30-4-6-31(7-5-30)23-29-20-13-19(25)18(24(26,27)28)12-21(20)34-23/h8-10,12-13H,3-7,11,14H2,1-2H3. The molecule has 5 nitrogen and oxygen atoms in total. The van der Waals surface area contributed by atoms with Gasteiger partial charge in [0.2, 0.25) is 0 Å². The number of halogens is 4. The quantitative estimate of drug-likeness (QED) is 0.348. The minimum atomic E-state index is -4.74. The SMILES string of the molecule is CCOC(=O)Cc1cc(C)cc(CN2CCN(c3nc4cc(F)c(C(F)(F)F)cc4s3)CC2)c1. The number of aryl methyl sites for hydroxylation is 1. The van der Waals surface area contributed by atoms with Crippen LogP contribution in [0.2, 0.25) is 0 Å². The van der Waals surface area contributed by atoms with Gasteiger partial charge < -0.3 is 9.64 Å². The molecule has 0 unspecified atom stereocenters. The second-order valence-electron chi connectivity index (χ2n) is 8.37. The van der Waals surface area contributed by atoms with Crippen LogP contribution < -0.4 is 4.90 Å². The minimum absolute atomic E-state index is 0.238. The molecule has 34 heavy (non-hydrogen) atoms. The fraction of sp³-hybridized carbons (Fsp3) is 0.417. The molecule has 0 radical (unpaired) electrons. The monoisotopic (exact) mass is 495 g/mol. The first-order chi connectivity index (χ1) is 16.1. The van der Waals surface area contributed by atoms with Crippen LogP contribution in [0.4, 0.5) is 22.7 Å². The zero-order chi connectivity index (χ0) is 24.5. The fourth-order valence-corrected chi connectivity index (χ4v) is 5.20. The summed E-state index contributed by atoms with van der Waals surface area (Å²) in [4.78, 5) is 20.5. The van der Waals surface area contributed by atoms with E-state index in [4.69, 9.17) is 4.74 Å². The molecule has 0 N–H and O–H groups in total. The van der Waals surface area contributed by atoms with E-state index in [1.165, 1.54) is 0 Å². The predicted molar refractivity (Wildman–Crippen MR) is 124 cm³/mol. The Morgan fingerprint density at radius 3 is 2.47 bits per heavy atom. The van der Waals surface area contributed by atoms with Crippen molar-refractivity contribution in [3.8, 4) is 0 Å². The molecule has 2 heterocycles. The molecule has 1 aromatic heterocycles. The number of aromatic nitrogens is 1. The average Bonchev–Trinajstić information content (AvgIpc) is 3.15. The molecule has 0 bridgehead atoms. The van der Waals surface area contributed by atoms with Gasteiger partial charge in [-0.2, -0.15) is 13.2 Å². The number of alkyl halides is 3. The molecule has 182 valence electrons. The Morgan fingerprint density at radius 2 is 1.79 bits per heavy atom. The van der Waals surface area contributed by atoms with Crippen molar-refractivity contribution in [2.45, 2.75) is 33.0 Å². The topological polar surface area (TPSA) is 45.7 Å². The number of esters is 1. The van der Waals surface area contributed by atoms with Crippen molar-refractivity contribution < 1.29 is 27.1 Å². The van der Waals surface area contributed by atoms with Crippen LogP contribution in [0.1, 0.15) is 29.2 Å². The van der Waals surface area contributed by atoms with Crippen LogP contribution in [-0.4, -0.2) is 48.6 Å². The number of thiazole rings is 1. The van der Waals surface area contributed by atoms with E-state index in [1.807, 2.05) is 24.0 Å². The predicted octanol–water partition coefficient (Wildman–Crippen LogP) is 5.19. The van der Waals surface area contributed by atoms with Gasteiger partial charge in [-0.3, -0.25) is 9.69 Å². The second-order valence-corrected chi connectivity index (χ2v) is 9.37. The zero-order valence-electron chi connectivity index (χ0n) is 18.9. The molecule has 0 saturated carbocycles. The lowest BCUT2D eigenvalue weighted by molar-refractivity contribution is -0.142. The third-order valence-corrected chi connectivity index (χ3v) is 6.75. The van der Waals surface area contributed by atoms with Gasteiger partial charge in [0.05, 0.1) is 28.8 Å². The molecule has 4 rings (SSSR count). The van der Waals surface area contributed by atoms with Crippen LogP contribution >= 0.6 is 11.3 Å². The summed E-state index contributed by atoms with van der Waals surface area (Å²) < 4.78 is 58.3. The van der Waals surface area contributed by atoms with Crippen molar-refractivity contribution in [3.05, 3.63) is 58.4 Å². The lowest BCUT2D eigenvalue weighted by Gasteiger charge is -2.34. The summed E-state index contributed by atoms with van der Waals surface area (Å²) in [5, 5.41) is 0.598. The van der Waals surface area contributed by atoms with Crippen LogP contribution in [0.25, 0.3) is 10.2 Å². The maximum atomic E-state index is 13.9. The molecule has 1 aliphatic rings. The number of nitrogens with zero attached hydrogens (tertiary/aromatic N) is 3. The van der Waals surface area contributed by atoms with E-state index < -0.39 is 17.6 Å². The summed E-state index contributed by atoms with van der Waals surface area (Å²) in [6.45, 7) is 7.69. The molecule has 1 aliphatic heterocycles. The number of hydrogen-bond donors (Lipinski definition) is 0. The van der Waals surface area contributed by atoms with Crippen molar-refractivity contribution >= 4 is 32.7 Å². The van der Waals surface area contributed by atoms with Gasteiger partial charge in [-0.15, -0.1) is 0 Å². The third-order valence-electron chi connectivity index (χ3n) is 5.67. The normalized spacial score (nSPS) is 15.2. The van der Waals surface area contributed by atoms with Crippen molar-refractivity contribution in [2.24, 2.45) is 0 Å². The number of anilines is 1. The summed E-state index contributed by atoms with van der Waals surface area (Å²) >= 11 is 1.15. The highest BCUT2D eigenvalue weighted by atomic mass is 32.1. The van der Waals surface area contributed by atoms with E-state index in [1.54, 1.807) is 6.92 Å². The summed E-state index contributed by atoms with van der Waals surface area (Å²) in [5.41, 5.74) is 2.09. The Labute approximate surface area is 198 Å². The summed E-state index contributed by atoms with van der Waals surface area (Å²) in [7, 11) is 0. The largest absolute Gasteiger partial charge is 0.466 e. The average molecular weight is 496 g/mol. The second kappa shape index (κ2) is 9.87. The number of piperazine rings is 1. The summed E-state index contributed by atoms with van der Waals surface area (Å²) in [5.74, 6) is -1.55. The van der Waals surface area contributed by atoms with E-state index in [2.05, 4.69) is 16.0 Å². The smallest absolute Gasteiger partial charge is 0.419 e. The lowest BCUT2D eigenvalue weighted by Crippen LogP contribution is -2.45. The summed E-state index contributed by atoms with van der Waals surface area (Å²) in [6.07, 6.45) is -4.50. The fourth-order valence-electron chi connectivity index (χ4n) is 4.16. The van der Waals surface area contributed by atoms with Crippen LogP contribution in [0.5, 0.6) is 0 Å². The molecule has 2 aromatic carbocycles. The number of carbonyl (C=O) groups is 1. The van der Waals surface area contributed by atoms with Crippen LogP contribution in [0, 0.1) is 12.7 Å². The van der Waals surface area contributed by atoms with Gasteiger partial charge in [0.1, 0.15) is 5.82 Å². The first-order valence-corrected chi connectivity index (χ1v) is 11.8. The number of carbonyl (C=O) groups excluding carboxylic acids is 1. The number of hydrogen-bond acceptors (Lipinski definition) is 6. The van der Waals surface area contributed by atoms with Gasteiger partial charge in [-0.25, -0.2) is 9.37 Å². The number of rotatable bonds is 6.